The van der Waals surface area contributed by atoms with Gasteiger partial charge >= 0.3 is 0 Å². The van der Waals surface area contributed by atoms with Crippen molar-refractivity contribution in [1.82, 2.24) is 15.2 Å². The first-order valence-electron chi connectivity index (χ1n) is 9.01. The number of hydrogen-bond acceptors (Lipinski definition) is 5. The van der Waals surface area contributed by atoms with Crippen LogP contribution in [0.2, 0.25) is 0 Å². The van der Waals surface area contributed by atoms with Gasteiger partial charge in [-0.3, -0.25) is 9.69 Å². The van der Waals surface area contributed by atoms with E-state index in [4.69, 9.17) is 9.47 Å². The van der Waals surface area contributed by atoms with Gasteiger partial charge in [-0.25, -0.2) is 4.98 Å². The molecular formula is C20H25N3O3. The topological polar surface area (TPSA) is 63.7 Å². The standard InChI is InChI=1S/C20H25N3O3/c1-2-26-20-18(8-5-9-21-20)19(24)22-14-16-6-3-4-7-17(16)15-23-10-12-25-13-11-23/h3-9H,2,10-15H2,1H3,(H,22,24). The number of aromatic nitrogens is 1. The van der Waals surface area contributed by atoms with Crippen LogP contribution < -0.4 is 10.1 Å². The summed E-state index contributed by atoms with van der Waals surface area (Å²) in [6.45, 7) is 7.12. The molecule has 3 rings (SSSR count). The number of rotatable bonds is 7. The molecule has 138 valence electrons. The van der Waals surface area contributed by atoms with Crippen LogP contribution in [0.4, 0.5) is 0 Å². The van der Waals surface area contributed by atoms with Gasteiger partial charge in [0.25, 0.3) is 5.91 Å². The van der Waals surface area contributed by atoms with Gasteiger partial charge in [0.2, 0.25) is 5.88 Å². The summed E-state index contributed by atoms with van der Waals surface area (Å²) < 4.78 is 10.9. The third kappa shape index (κ3) is 4.80. The second-order valence-corrected chi connectivity index (χ2v) is 6.13. The molecule has 0 saturated carbocycles. The number of hydrogen-bond donors (Lipinski definition) is 1. The van der Waals surface area contributed by atoms with E-state index >= 15 is 0 Å². The zero-order valence-corrected chi connectivity index (χ0v) is 15.1. The third-order valence-electron chi connectivity index (χ3n) is 4.35. The minimum Gasteiger partial charge on any atom is -0.477 e. The lowest BCUT2D eigenvalue weighted by Gasteiger charge is -2.27. The average molecular weight is 355 g/mol. The highest BCUT2D eigenvalue weighted by Gasteiger charge is 2.15. The van der Waals surface area contributed by atoms with Gasteiger partial charge in [0.1, 0.15) is 5.56 Å². The predicted octanol–water partition coefficient (Wildman–Crippen LogP) is 2.24. The van der Waals surface area contributed by atoms with Crippen molar-refractivity contribution in [2.75, 3.05) is 32.9 Å². The van der Waals surface area contributed by atoms with Crippen molar-refractivity contribution >= 4 is 5.91 Å². The fraction of sp³-hybridized carbons (Fsp3) is 0.400. The van der Waals surface area contributed by atoms with E-state index in [1.54, 1.807) is 18.3 Å². The van der Waals surface area contributed by atoms with E-state index in [-0.39, 0.29) is 5.91 Å². The first-order chi connectivity index (χ1) is 12.8. The van der Waals surface area contributed by atoms with E-state index in [0.29, 0.717) is 24.6 Å². The fourth-order valence-electron chi connectivity index (χ4n) is 2.97. The zero-order chi connectivity index (χ0) is 18.2. The van der Waals surface area contributed by atoms with Crippen molar-refractivity contribution in [3.8, 4) is 5.88 Å². The molecule has 0 spiro atoms. The summed E-state index contributed by atoms with van der Waals surface area (Å²) in [5.41, 5.74) is 2.81. The van der Waals surface area contributed by atoms with Gasteiger partial charge in [-0.1, -0.05) is 24.3 Å². The Bertz CT molecular complexity index is 730. The van der Waals surface area contributed by atoms with Gasteiger partial charge in [0.15, 0.2) is 0 Å². The van der Waals surface area contributed by atoms with E-state index in [1.807, 2.05) is 19.1 Å². The first-order valence-corrected chi connectivity index (χ1v) is 9.01. The summed E-state index contributed by atoms with van der Waals surface area (Å²) in [5.74, 6) is 0.192. The summed E-state index contributed by atoms with van der Waals surface area (Å²) in [6, 6.07) is 11.7. The van der Waals surface area contributed by atoms with Crippen LogP contribution in [-0.2, 0) is 17.8 Å². The maximum atomic E-state index is 12.6. The number of pyridine rings is 1. The van der Waals surface area contributed by atoms with E-state index in [1.165, 1.54) is 5.56 Å². The van der Waals surface area contributed by atoms with E-state index in [2.05, 4.69) is 27.3 Å². The summed E-state index contributed by atoms with van der Waals surface area (Å²) in [7, 11) is 0. The summed E-state index contributed by atoms with van der Waals surface area (Å²) in [5, 5.41) is 2.99. The maximum absolute atomic E-state index is 12.6. The Morgan fingerprint density at radius 1 is 1.19 bits per heavy atom. The minimum atomic E-state index is -0.178. The second-order valence-electron chi connectivity index (χ2n) is 6.13. The van der Waals surface area contributed by atoms with Crippen molar-refractivity contribution in [3.05, 3.63) is 59.3 Å². The van der Waals surface area contributed by atoms with Gasteiger partial charge in [0, 0.05) is 32.4 Å². The Kier molecular flexibility index (Phi) is 6.57. The Morgan fingerprint density at radius 3 is 2.73 bits per heavy atom. The zero-order valence-electron chi connectivity index (χ0n) is 15.1. The van der Waals surface area contributed by atoms with Crippen LogP contribution in [0.5, 0.6) is 5.88 Å². The average Bonchev–Trinajstić information content (AvgIpc) is 2.68. The number of morpholine rings is 1. The number of nitrogens with one attached hydrogen (secondary N) is 1. The smallest absolute Gasteiger partial charge is 0.257 e. The lowest BCUT2D eigenvalue weighted by atomic mass is 10.1. The summed E-state index contributed by atoms with van der Waals surface area (Å²) in [6.07, 6.45) is 1.62. The predicted molar refractivity (Wildman–Crippen MR) is 99.1 cm³/mol. The molecule has 1 aliphatic heterocycles. The highest BCUT2D eigenvalue weighted by atomic mass is 16.5. The number of amides is 1. The van der Waals surface area contributed by atoms with Crippen molar-refractivity contribution in [3.63, 3.8) is 0 Å². The van der Waals surface area contributed by atoms with Crippen molar-refractivity contribution in [2.45, 2.75) is 20.0 Å². The molecule has 1 saturated heterocycles. The van der Waals surface area contributed by atoms with Crippen LogP contribution in [0.25, 0.3) is 0 Å². The van der Waals surface area contributed by atoms with E-state index in [9.17, 15) is 4.79 Å². The molecule has 0 radical (unpaired) electrons. The summed E-state index contributed by atoms with van der Waals surface area (Å²) in [4.78, 5) is 19.1. The largest absolute Gasteiger partial charge is 0.477 e. The molecule has 2 aromatic rings. The van der Waals surface area contributed by atoms with Crippen LogP contribution in [0.1, 0.15) is 28.4 Å². The van der Waals surface area contributed by atoms with Crippen LogP contribution >= 0.6 is 0 Å². The molecule has 0 atom stereocenters. The number of carbonyl (C=O) groups is 1. The highest BCUT2D eigenvalue weighted by Crippen LogP contribution is 2.16. The number of nitrogens with zero attached hydrogens (tertiary/aromatic N) is 2. The fourth-order valence-corrected chi connectivity index (χ4v) is 2.97. The minimum absolute atomic E-state index is 0.178. The van der Waals surface area contributed by atoms with E-state index < -0.39 is 0 Å². The molecule has 0 bridgehead atoms. The molecule has 0 unspecified atom stereocenters. The second kappa shape index (κ2) is 9.31. The van der Waals surface area contributed by atoms with Crippen molar-refractivity contribution < 1.29 is 14.3 Å². The number of carbonyl (C=O) groups excluding carboxylic acids is 1. The number of ether oxygens (including phenoxy) is 2. The quantitative estimate of drug-likeness (QED) is 0.825. The highest BCUT2D eigenvalue weighted by molar-refractivity contribution is 5.96. The van der Waals surface area contributed by atoms with Gasteiger partial charge in [-0.05, 0) is 30.2 Å². The van der Waals surface area contributed by atoms with Crippen molar-refractivity contribution in [1.29, 1.82) is 0 Å². The van der Waals surface area contributed by atoms with Gasteiger partial charge < -0.3 is 14.8 Å². The number of benzene rings is 1. The summed E-state index contributed by atoms with van der Waals surface area (Å²) >= 11 is 0. The molecular weight excluding hydrogens is 330 g/mol. The lowest BCUT2D eigenvalue weighted by molar-refractivity contribution is 0.0340. The molecule has 1 fully saturated rings. The van der Waals surface area contributed by atoms with Gasteiger partial charge in [-0.15, -0.1) is 0 Å². The molecule has 1 aromatic carbocycles. The van der Waals surface area contributed by atoms with E-state index in [0.717, 1.165) is 38.4 Å². The van der Waals surface area contributed by atoms with Gasteiger partial charge in [-0.2, -0.15) is 0 Å². The SMILES string of the molecule is CCOc1ncccc1C(=O)NCc1ccccc1CN1CCOCC1. The molecule has 26 heavy (non-hydrogen) atoms. The molecule has 1 amide bonds. The Hall–Kier alpha value is -2.44. The third-order valence-corrected chi connectivity index (χ3v) is 4.35. The van der Waals surface area contributed by atoms with Crippen LogP contribution in [0.15, 0.2) is 42.6 Å². The van der Waals surface area contributed by atoms with Crippen LogP contribution in [0.3, 0.4) is 0 Å². The maximum Gasteiger partial charge on any atom is 0.257 e. The monoisotopic (exact) mass is 355 g/mol. The normalized spacial score (nSPS) is 14.8. The molecule has 1 aliphatic rings. The lowest BCUT2D eigenvalue weighted by Crippen LogP contribution is -2.36. The molecule has 2 heterocycles. The molecule has 1 aromatic heterocycles. The molecule has 6 nitrogen and oxygen atoms in total. The van der Waals surface area contributed by atoms with Crippen LogP contribution in [-0.4, -0.2) is 48.7 Å². The Morgan fingerprint density at radius 2 is 1.96 bits per heavy atom. The Balaban J connectivity index is 1.65. The van der Waals surface area contributed by atoms with Crippen molar-refractivity contribution in [2.24, 2.45) is 0 Å². The molecule has 1 N–H and O–H groups in total. The van der Waals surface area contributed by atoms with Crippen LogP contribution in [0, 0.1) is 0 Å². The molecule has 6 heteroatoms. The van der Waals surface area contributed by atoms with Gasteiger partial charge in [0.05, 0.1) is 19.8 Å². The first kappa shape index (κ1) is 18.4. The Labute approximate surface area is 154 Å². The molecule has 0 aliphatic carbocycles.